The molecule has 1 aromatic heterocycles. The minimum Gasteiger partial charge on any atom is -0.394 e. The first kappa shape index (κ1) is 27.9. The number of hydrogen-bond acceptors (Lipinski definition) is 8. The number of benzene rings is 2. The number of carbonyl (C=O) groups is 1. The van der Waals surface area contributed by atoms with E-state index in [9.17, 15) is 28.2 Å². The van der Waals surface area contributed by atoms with Gasteiger partial charge in [-0.2, -0.15) is 0 Å². The van der Waals surface area contributed by atoms with Crippen molar-refractivity contribution in [1.29, 1.82) is 0 Å². The van der Waals surface area contributed by atoms with Crippen LogP contribution in [0.1, 0.15) is 22.3 Å². The van der Waals surface area contributed by atoms with Gasteiger partial charge in [-0.25, -0.2) is 17.9 Å². The molecule has 2 aromatic carbocycles. The van der Waals surface area contributed by atoms with Gasteiger partial charge >= 0.3 is 0 Å². The number of amides is 1. The Labute approximate surface area is 231 Å². The van der Waals surface area contributed by atoms with Gasteiger partial charge in [0.05, 0.1) is 12.8 Å². The second-order valence-corrected chi connectivity index (χ2v) is 10.3. The molecule has 2 aliphatic rings. The first-order valence-electron chi connectivity index (χ1n) is 12.0. The van der Waals surface area contributed by atoms with Gasteiger partial charge < -0.3 is 24.6 Å². The summed E-state index contributed by atoms with van der Waals surface area (Å²) >= 11 is 10.9. The molecule has 5 atom stereocenters. The van der Waals surface area contributed by atoms with Crippen LogP contribution in [0.3, 0.4) is 0 Å². The fraction of sp³-hybridized carbons (Fsp3) is 0.400. The molecule has 1 unspecified atom stereocenters. The van der Waals surface area contributed by atoms with E-state index in [1.807, 2.05) is 0 Å². The van der Waals surface area contributed by atoms with Gasteiger partial charge in [-0.05, 0) is 42.3 Å². The predicted molar refractivity (Wildman–Crippen MR) is 136 cm³/mol. The van der Waals surface area contributed by atoms with Crippen molar-refractivity contribution in [3.63, 3.8) is 0 Å². The number of rotatable bonds is 6. The van der Waals surface area contributed by atoms with Crippen molar-refractivity contribution in [1.82, 2.24) is 19.9 Å². The number of hydrogen-bond donors (Lipinski definition) is 3. The predicted octanol–water partition coefficient (Wildman–Crippen LogP) is 2.63. The summed E-state index contributed by atoms with van der Waals surface area (Å²) in [7, 11) is 1.34. The Balaban J connectivity index is 1.78. The molecule has 208 valence electrons. The van der Waals surface area contributed by atoms with E-state index in [1.54, 1.807) is 4.90 Å². The van der Waals surface area contributed by atoms with Gasteiger partial charge in [0.1, 0.15) is 35.0 Å². The number of aliphatic hydroxyl groups excluding tert-OH is 2. The molecule has 2 aliphatic heterocycles. The lowest BCUT2D eigenvalue weighted by Gasteiger charge is -2.51. The molecule has 14 heteroatoms. The van der Waals surface area contributed by atoms with Crippen LogP contribution in [-0.2, 0) is 15.0 Å². The highest BCUT2D eigenvalue weighted by molar-refractivity contribution is 7.80. The SMILES string of the molecule is CO[C@H]1[C@@H](S)O[C@H](CO)[C@H](O)C1(c1cc(Cl)ccc1C(=O)N1CCC1)n1cc(-c2cc(F)c(F)c(F)c2)nn1. The second kappa shape index (κ2) is 10.7. The Kier molecular flexibility index (Phi) is 7.65. The number of aliphatic hydroxyl groups is 2. The Hall–Kier alpha value is -2.68. The summed E-state index contributed by atoms with van der Waals surface area (Å²) in [6.45, 7) is 0.441. The van der Waals surface area contributed by atoms with Gasteiger partial charge in [0, 0.05) is 36.3 Å². The topological polar surface area (TPSA) is 110 Å². The van der Waals surface area contributed by atoms with E-state index in [-0.39, 0.29) is 33.3 Å². The van der Waals surface area contributed by atoms with Gasteiger partial charge in [0.25, 0.3) is 5.91 Å². The number of thiol groups is 1. The molecular formula is C25H24ClF3N4O5S. The number of nitrogens with zero attached hydrogens (tertiary/aromatic N) is 4. The summed E-state index contributed by atoms with van der Waals surface area (Å²) in [6.07, 6.45) is -1.90. The second-order valence-electron chi connectivity index (χ2n) is 9.31. The Morgan fingerprint density at radius 3 is 2.54 bits per heavy atom. The zero-order chi connectivity index (χ0) is 28.1. The van der Waals surface area contributed by atoms with Crippen LogP contribution in [0.25, 0.3) is 11.3 Å². The fourth-order valence-electron chi connectivity index (χ4n) is 5.14. The molecule has 39 heavy (non-hydrogen) atoms. The van der Waals surface area contributed by atoms with Crippen molar-refractivity contribution in [2.45, 2.75) is 35.7 Å². The minimum atomic E-state index is -1.84. The third-order valence-electron chi connectivity index (χ3n) is 7.18. The van der Waals surface area contributed by atoms with E-state index < -0.39 is 53.3 Å². The standard InChI is InChI=1S/C25H24ClF3N4O5S/c1-37-22-24(39)38-19(11-34)21(35)25(22,15-9-13(26)3-4-14(15)23(36)32-5-2-6-32)33-10-18(30-31-33)12-7-16(27)20(29)17(28)8-12/h3-4,7-10,19,21-22,24,34-35,39H,2,5-6,11H2,1H3/t19-,21+,22+,24-,25?/m1/s1. The Morgan fingerprint density at radius 1 is 1.26 bits per heavy atom. The first-order valence-corrected chi connectivity index (χ1v) is 12.8. The van der Waals surface area contributed by atoms with Crippen LogP contribution < -0.4 is 0 Å². The summed E-state index contributed by atoms with van der Waals surface area (Å²) in [5.41, 5.74) is -2.75. The third kappa shape index (κ3) is 4.50. The van der Waals surface area contributed by atoms with Crippen LogP contribution in [0.5, 0.6) is 0 Å². The van der Waals surface area contributed by atoms with Gasteiger partial charge in [0.2, 0.25) is 0 Å². The minimum absolute atomic E-state index is 0.0744. The van der Waals surface area contributed by atoms with Crippen molar-refractivity contribution in [3.8, 4) is 11.3 Å². The zero-order valence-corrected chi connectivity index (χ0v) is 22.1. The molecule has 2 saturated heterocycles. The number of ether oxygens (including phenoxy) is 2. The molecule has 5 rings (SSSR count). The molecule has 0 bridgehead atoms. The zero-order valence-electron chi connectivity index (χ0n) is 20.5. The highest BCUT2D eigenvalue weighted by atomic mass is 35.5. The van der Waals surface area contributed by atoms with E-state index in [0.717, 1.165) is 18.6 Å². The lowest BCUT2D eigenvalue weighted by Crippen LogP contribution is -2.68. The summed E-state index contributed by atoms with van der Waals surface area (Å²) in [4.78, 5) is 15.2. The normalized spacial score (nSPS) is 26.9. The average molecular weight is 585 g/mol. The smallest absolute Gasteiger partial charge is 0.254 e. The third-order valence-corrected chi connectivity index (χ3v) is 7.81. The first-order chi connectivity index (χ1) is 18.6. The maximum atomic E-state index is 14.0. The van der Waals surface area contributed by atoms with Crippen LogP contribution in [0.4, 0.5) is 13.2 Å². The molecule has 0 radical (unpaired) electrons. The van der Waals surface area contributed by atoms with Crippen molar-refractivity contribution in [2.24, 2.45) is 0 Å². The van der Waals surface area contributed by atoms with Crippen molar-refractivity contribution in [2.75, 3.05) is 26.8 Å². The van der Waals surface area contributed by atoms with Gasteiger partial charge in [0.15, 0.2) is 17.5 Å². The lowest BCUT2D eigenvalue weighted by atomic mass is 9.73. The molecule has 3 heterocycles. The number of halogens is 4. The molecule has 2 fully saturated rings. The summed E-state index contributed by atoms with van der Waals surface area (Å²) in [5.74, 6) is -4.83. The van der Waals surface area contributed by atoms with E-state index in [4.69, 9.17) is 21.1 Å². The highest BCUT2D eigenvalue weighted by Gasteiger charge is 2.60. The highest BCUT2D eigenvalue weighted by Crippen LogP contribution is 2.46. The van der Waals surface area contributed by atoms with Crippen molar-refractivity contribution in [3.05, 3.63) is 70.1 Å². The van der Waals surface area contributed by atoms with Gasteiger partial charge in [-0.1, -0.05) is 16.8 Å². The number of carbonyl (C=O) groups excluding carboxylic acids is 1. The molecule has 3 aromatic rings. The summed E-state index contributed by atoms with van der Waals surface area (Å²) < 4.78 is 54.3. The summed E-state index contributed by atoms with van der Waals surface area (Å²) in [5, 5.41) is 30.3. The number of methoxy groups -OCH3 is 1. The average Bonchev–Trinajstić information content (AvgIpc) is 3.37. The molecule has 9 nitrogen and oxygen atoms in total. The van der Waals surface area contributed by atoms with Crippen LogP contribution in [0, 0.1) is 17.5 Å². The van der Waals surface area contributed by atoms with Gasteiger partial charge in [-0.3, -0.25) is 4.79 Å². The maximum absolute atomic E-state index is 14.0. The maximum Gasteiger partial charge on any atom is 0.254 e. The monoisotopic (exact) mass is 584 g/mol. The molecule has 1 amide bonds. The van der Waals surface area contributed by atoms with Crippen LogP contribution in [-0.4, -0.2) is 86.6 Å². The van der Waals surface area contributed by atoms with Crippen molar-refractivity contribution < 1.29 is 37.7 Å². The Bertz CT molecular complexity index is 1390. The van der Waals surface area contributed by atoms with Crippen LogP contribution >= 0.6 is 24.2 Å². The molecular weight excluding hydrogens is 561 g/mol. The lowest BCUT2D eigenvalue weighted by molar-refractivity contribution is -0.213. The quantitative estimate of drug-likeness (QED) is 0.302. The molecule has 0 aliphatic carbocycles. The van der Waals surface area contributed by atoms with Gasteiger partial charge in [-0.15, -0.1) is 17.7 Å². The van der Waals surface area contributed by atoms with E-state index in [2.05, 4.69) is 22.9 Å². The molecule has 2 N–H and O–H groups in total. The largest absolute Gasteiger partial charge is 0.394 e. The van der Waals surface area contributed by atoms with E-state index in [1.165, 1.54) is 36.2 Å². The van der Waals surface area contributed by atoms with Crippen LogP contribution in [0.2, 0.25) is 5.02 Å². The molecule has 0 spiro atoms. The number of likely N-dealkylation sites (tertiary alicyclic amines) is 1. The number of aromatic nitrogens is 3. The summed E-state index contributed by atoms with van der Waals surface area (Å²) in [6, 6.07) is 6.02. The van der Waals surface area contributed by atoms with E-state index >= 15 is 0 Å². The van der Waals surface area contributed by atoms with Crippen molar-refractivity contribution >= 4 is 30.1 Å². The molecule has 0 saturated carbocycles. The fourth-order valence-corrected chi connectivity index (χ4v) is 5.82. The Morgan fingerprint density at radius 2 is 1.95 bits per heavy atom. The van der Waals surface area contributed by atoms with E-state index in [0.29, 0.717) is 13.1 Å². The van der Waals surface area contributed by atoms with Crippen LogP contribution in [0.15, 0.2) is 36.5 Å².